The van der Waals surface area contributed by atoms with Crippen LogP contribution in [0.1, 0.15) is 10.4 Å². The first-order valence-electron chi connectivity index (χ1n) is 7.97. The third-order valence-electron chi connectivity index (χ3n) is 3.97. The fraction of sp³-hybridized carbons (Fsp3) is 0. The first-order chi connectivity index (χ1) is 12.7. The zero-order valence-electron chi connectivity index (χ0n) is 13.6. The number of nitrogens with zero attached hydrogens (tertiary/aromatic N) is 3. The number of anilines is 1. The predicted molar refractivity (Wildman–Crippen MR) is 98.8 cm³/mol. The van der Waals surface area contributed by atoms with Crippen molar-refractivity contribution in [3.8, 4) is 17.0 Å². The van der Waals surface area contributed by atoms with Crippen molar-refractivity contribution < 1.29 is 9.90 Å². The van der Waals surface area contributed by atoms with Crippen molar-refractivity contribution in [1.29, 1.82) is 0 Å². The van der Waals surface area contributed by atoms with Crippen LogP contribution in [0.25, 0.3) is 22.2 Å². The lowest BCUT2D eigenvalue weighted by atomic mass is 10.1. The van der Waals surface area contributed by atoms with Crippen molar-refractivity contribution >= 4 is 22.6 Å². The third kappa shape index (κ3) is 3.08. The smallest absolute Gasteiger partial charge is 0.257 e. The molecule has 0 aliphatic heterocycles. The molecule has 0 spiro atoms. The molecule has 0 saturated heterocycles. The van der Waals surface area contributed by atoms with Crippen LogP contribution in [0.15, 0.2) is 73.2 Å². The molecule has 1 amide bonds. The Labute approximate surface area is 149 Å². The minimum atomic E-state index is -0.265. The van der Waals surface area contributed by atoms with Crippen molar-refractivity contribution in [2.75, 3.05) is 5.32 Å². The molecular formula is C20H14N4O2. The number of phenolic OH excluding ortho intramolecular Hbond substituents is 1. The van der Waals surface area contributed by atoms with E-state index in [9.17, 15) is 9.90 Å². The summed E-state index contributed by atoms with van der Waals surface area (Å²) in [7, 11) is 0. The van der Waals surface area contributed by atoms with Crippen LogP contribution >= 0.6 is 0 Å². The topological polar surface area (TPSA) is 88.0 Å². The van der Waals surface area contributed by atoms with E-state index in [1.54, 1.807) is 42.6 Å². The van der Waals surface area contributed by atoms with Gasteiger partial charge in [-0.05, 0) is 36.4 Å². The molecule has 0 aliphatic rings. The summed E-state index contributed by atoms with van der Waals surface area (Å²) >= 11 is 0. The van der Waals surface area contributed by atoms with Gasteiger partial charge >= 0.3 is 0 Å². The van der Waals surface area contributed by atoms with Gasteiger partial charge in [0, 0.05) is 23.2 Å². The molecule has 4 rings (SSSR count). The summed E-state index contributed by atoms with van der Waals surface area (Å²) in [6.45, 7) is 0. The highest BCUT2D eigenvalue weighted by molar-refractivity contribution is 6.12. The lowest BCUT2D eigenvalue weighted by Crippen LogP contribution is -2.13. The van der Waals surface area contributed by atoms with E-state index in [-0.39, 0.29) is 11.7 Å². The summed E-state index contributed by atoms with van der Waals surface area (Å²) in [6, 6.07) is 17.5. The Balaban J connectivity index is 1.64. The highest BCUT2D eigenvalue weighted by Crippen LogP contribution is 2.22. The first kappa shape index (κ1) is 15.7. The molecule has 26 heavy (non-hydrogen) atoms. The van der Waals surface area contributed by atoms with Gasteiger partial charge in [0.15, 0.2) is 0 Å². The molecular weight excluding hydrogens is 328 g/mol. The maximum absolute atomic E-state index is 12.7. The molecule has 2 aromatic heterocycles. The Morgan fingerprint density at radius 3 is 2.58 bits per heavy atom. The van der Waals surface area contributed by atoms with Gasteiger partial charge in [-0.3, -0.25) is 9.78 Å². The van der Waals surface area contributed by atoms with E-state index < -0.39 is 0 Å². The number of carbonyl (C=O) groups is 1. The number of pyridine rings is 1. The Hall–Kier alpha value is -3.80. The van der Waals surface area contributed by atoms with Crippen molar-refractivity contribution in [3.63, 3.8) is 0 Å². The van der Waals surface area contributed by atoms with Crippen LogP contribution in [0, 0.1) is 0 Å². The Morgan fingerprint density at radius 1 is 0.923 bits per heavy atom. The lowest BCUT2D eigenvalue weighted by molar-refractivity contribution is 0.102. The maximum Gasteiger partial charge on any atom is 0.257 e. The van der Waals surface area contributed by atoms with E-state index in [0.29, 0.717) is 17.1 Å². The average Bonchev–Trinajstić information content (AvgIpc) is 2.68. The highest BCUT2D eigenvalue weighted by atomic mass is 16.3. The van der Waals surface area contributed by atoms with Gasteiger partial charge in [0.05, 0.1) is 16.8 Å². The summed E-state index contributed by atoms with van der Waals surface area (Å²) in [4.78, 5) is 25.3. The molecule has 0 bridgehead atoms. The number of amides is 1. The largest absolute Gasteiger partial charge is 0.508 e. The molecule has 0 aliphatic carbocycles. The second-order valence-corrected chi connectivity index (χ2v) is 5.67. The monoisotopic (exact) mass is 342 g/mol. The Kier molecular flexibility index (Phi) is 3.99. The third-order valence-corrected chi connectivity index (χ3v) is 3.97. The number of fused-ring (bicyclic) bond motifs is 1. The van der Waals surface area contributed by atoms with Gasteiger partial charge in [0.1, 0.15) is 17.9 Å². The minimum Gasteiger partial charge on any atom is -0.508 e. The zero-order valence-corrected chi connectivity index (χ0v) is 13.6. The molecule has 0 radical (unpaired) electrons. The van der Waals surface area contributed by atoms with Gasteiger partial charge in [-0.1, -0.05) is 18.2 Å². The number of aromatic nitrogens is 3. The number of nitrogens with one attached hydrogen (secondary N) is 1. The zero-order chi connectivity index (χ0) is 17.9. The van der Waals surface area contributed by atoms with Crippen LogP contribution < -0.4 is 5.32 Å². The minimum absolute atomic E-state index is 0.181. The van der Waals surface area contributed by atoms with Crippen LogP contribution in [0.5, 0.6) is 5.75 Å². The highest BCUT2D eigenvalue weighted by Gasteiger charge is 2.12. The number of para-hydroxylation sites is 1. The summed E-state index contributed by atoms with van der Waals surface area (Å²) in [5.74, 6) is 0.314. The van der Waals surface area contributed by atoms with Crippen molar-refractivity contribution in [2.24, 2.45) is 0 Å². The van der Waals surface area contributed by atoms with Crippen LogP contribution in [0.3, 0.4) is 0 Å². The molecule has 6 heteroatoms. The SMILES string of the molecule is O=C(Nc1cc(-c2ccc(O)cc2)ncn1)c1ccnc2ccccc12. The predicted octanol–water partition coefficient (Wildman–Crippen LogP) is 3.65. The van der Waals surface area contributed by atoms with E-state index in [1.165, 1.54) is 6.33 Å². The van der Waals surface area contributed by atoms with Crippen molar-refractivity contribution in [2.45, 2.75) is 0 Å². The molecule has 126 valence electrons. The van der Waals surface area contributed by atoms with Gasteiger partial charge in [-0.25, -0.2) is 9.97 Å². The second kappa shape index (κ2) is 6.60. The molecule has 0 fully saturated rings. The van der Waals surface area contributed by atoms with Crippen LogP contribution in [-0.4, -0.2) is 26.0 Å². The van der Waals surface area contributed by atoms with Crippen molar-refractivity contribution in [3.05, 3.63) is 78.8 Å². The summed E-state index contributed by atoms with van der Waals surface area (Å²) < 4.78 is 0. The number of rotatable bonds is 3. The summed E-state index contributed by atoms with van der Waals surface area (Å²) in [6.07, 6.45) is 3.00. The van der Waals surface area contributed by atoms with E-state index in [4.69, 9.17) is 0 Å². The molecule has 2 aromatic carbocycles. The van der Waals surface area contributed by atoms with Crippen LogP contribution in [0.4, 0.5) is 5.82 Å². The molecule has 6 nitrogen and oxygen atoms in total. The summed E-state index contributed by atoms with van der Waals surface area (Å²) in [5.41, 5.74) is 2.75. The van der Waals surface area contributed by atoms with Crippen molar-refractivity contribution in [1.82, 2.24) is 15.0 Å². The van der Waals surface area contributed by atoms with Gasteiger partial charge < -0.3 is 10.4 Å². The van der Waals surface area contributed by atoms with Gasteiger partial charge in [-0.15, -0.1) is 0 Å². The fourth-order valence-corrected chi connectivity index (χ4v) is 2.69. The number of hydrogen-bond donors (Lipinski definition) is 2. The molecule has 0 saturated carbocycles. The first-order valence-corrected chi connectivity index (χ1v) is 7.97. The molecule has 4 aromatic rings. The van der Waals surface area contributed by atoms with Gasteiger partial charge in [0.2, 0.25) is 0 Å². The quantitative estimate of drug-likeness (QED) is 0.593. The normalized spacial score (nSPS) is 10.6. The number of phenols is 1. The fourth-order valence-electron chi connectivity index (χ4n) is 2.69. The van der Waals surface area contributed by atoms with Gasteiger partial charge in [0.25, 0.3) is 5.91 Å². The Morgan fingerprint density at radius 2 is 1.73 bits per heavy atom. The maximum atomic E-state index is 12.7. The molecule has 0 unspecified atom stereocenters. The Bertz CT molecular complexity index is 1090. The molecule has 2 heterocycles. The van der Waals surface area contributed by atoms with E-state index in [0.717, 1.165) is 16.5 Å². The summed E-state index contributed by atoms with van der Waals surface area (Å²) in [5, 5.41) is 13.0. The number of aromatic hydroxyl groups is 1. The van der Waals surface area contributed by atoms with Crippen LogP contribution in [-0.2, 0) is 0 Å². The van der Waals surface area contributed by atoms with E-state index in [1.807, 2.05) is 24.3 Å². The molecule has 0 atom stereocenters. The molecule has 2 N–H and O–H groups in total. The second-order valence-electron chi connectivity index (χ2n) is 5.67. The average molecular weight is 342 g/mol. The van der Waals surface area contributed by atoms with Crippen LogP contribution in [0.2, 0.25) is 0 Å². The number of benzene rings is 2. The number of carbonyl (C=O) groups excluding carboxylic acids is 1. The van der Waals surface area contributed by atoms with Gasteiger partial charge in [-0.2, -0.15) is 0 Å². The van der Waals surface area contributed by atoms with E-state index in [2.05, 4.69) is 20.3 Å². The number of hydrogen-bond acceptors (Lipinski definition) is 5. The van der Waals surface area contributed by atoms with E-state index >= 15 is 0 Å². The standard InChI is InChI=1S/C20H14N4O2/c25-14-7-5-13(6-8-14)18-11-19(23-12-22-18)24-20(26)16-9-10-21-17-4-2-1-3-15(16)17/h1-12,25H,(H,22,23,24,26). The lowest BCUT2D eigenvalue weighted by Gasteiger charge is -2.08.